The van der Waals surface area contributed by atoms with Crippen LogP contribution in [0.2, 0.25) is 0 Å². The van der Waals surface area contributed by atoms with E-state index in [1.165, 1.54) is 0 Å². The van der Waals surface area contributed by atoms with Gasteiger partial charge in [-0.25, -0.2) is 4.89 Å². The van der Waals surface area contributed by atoms with Crippen LogP contribution in [0.1, 0.15) is 64.7 Å². The summed E-state index contributed by atoms with van der Waals surface area (Å²) in [5.41, 5.74) is 0. The fourth-order valence-corrected chi connectivity index (χ4v) is 1.96. The van der Waals surface area contributed by atoms with Crippen molar-refractivity contribution in [1.82, 2.24) is 0 Å². The SMILES string of the molecule is CCCCC[C@@H](/C=C/C=C\C/C=C/CCCCC(=O)O)OO. The van der Waals surface area contributed by atoms with E-state index in [0.717, 1.165) is 51.4 Å². The van der Waals surface area contributed by atoms with Crippen molar-refractivity contribution in [2.75, 3.05) is 0 Å². The lowest BCUT2D eigenvalue weighted by Crippen LogP contribution is -2.06. The van der Waals surface area contributed by atoms with Crippen LogP contribution < -0.4 is 0 Å². The van der Waals surface area contributed by atoms with Crippen molar-refractivity contribution >= 4 is 5.97 Å². The van der Waals surface area contributed by atoms with Gasteiger partial charge in [0.05, 0.1) is 0 Å². The molecule has 0 aliphatic rings. The Bertz CT molecular complexity index is 345. The molecule has 0 aromatic carbocycles. The standard InChI is InChI=1S/C18H30O4/c1-2-3-11-14-17(22-21)15-12-9-7-5-4-6-8-10-13-16-18(19)20/h4,6-7,9,12,15,17,21H,2-3,5,8,10-11,13-14,16H2,1H3,(H,19,20)/b6-4+,9-7-,15-12+/t17-/m0/s1. The summed E-state index contributed by atoms with van der Waals surface area (Å²) < 4.78 is 0. The molecular weight excluding hydrogens is 280 g/mol. The molecule has 2 N–H and O–H groups in total. The van der Waals surface area contributed by atoms with Gasteiger partial charge in [0.15, 0.2) is 0 Å². The molecule has 0 rings (SSSR count). The summed E-state index contributed by atoms with van der Waals surface area (Å²) in [5, 5.41) is 17.3. The molecule has 0 saturated heterocycles. The maximum Gasteiger partial charge on any atom is 0.303 e. The fourth-order valence-electron chi connectivity index (χ4n) is 1.96. The van der Waals surface area contributed by atoms with E-state index in [-0.39, 0.29) is 12.5 Å². The number of carbonyl (C=O) groups is 1. The normalized spacial score (nSPS) is 13.5. The number of carboxylic acid groups (broad SMARTS) is 1. The van der Waals surface area contributed by atoms with Crippen LogP contribution in [-0.4, -0.2) is 22.4 Å². The van der Waals surface area contributed by atoms with Gasteiger partial charge in [0, 0.05) is 6.42 Å². The van der Waals surface area contributed by atoms with E-state index in [1.54, 1.807) is 0 Å². The number of unbranched alkanes of at least 4 members (excludes halogenated alkanes) is 4. The maximum absolute atomic E-state index is 10.3. The molecule has 0 aliphatic heterocycles. The Morgan fingerprint density at radius 2 is 1.91 bits per heavy atom. The molecule has 0 unspecified atom stereocenters. The molecule has 4 heteroatoms. The molecule has 0 radical (unpaired) electrons. The Balaban J connectivity index is 3.66. The van der Waals surface area contributed by atoms with Crippen LogP contribution in [0, 0.1) is 0 Å². The average Bonchev–Trinajstić information content (AvgIpc) is 2.50. The number of hydrogen-bond acceptors (Lipinski definition) is 3. The highest BCUT2D eigenvalue weighted by atomic mass is 17.1. The van der Waals surface area contributed by atoms with Crippen LogP contribution in [-0.2, 0) is 9.68 Å². The molecule has 0 aromatic heterocycles. The topological polar surface area (TPSA) is 66.8 Å². The Hall–Kier alpha value is -1.39. The summed E-state index contributed by atoms with van der Waals surface area (Å²) in [5.74, 6) is -0.724. The molecule has 0 aromatic rings. The van der Waals surface area contributed by atoms with Crippen molar-refractivity contribution in [3.63, 3.8) is 0 Å². The van der Waals surface area contributed by atoms with Gasteiger partial charge >= 0.3 is 5.97 Å². The largest absolute Gasteiger partial charge is 0.481 e. The van der Waals surface area contributed by atoms with E-state index in [1.807, 2.05) is 24.3 Å². The summed E-state index contributed by atoms with van der Waals surface area (Å²) in [4.78, 5) is 14.7. The van der Waals surface area contributed by atoms with Gasteiger partial charge in [0.2, 0.25) is 0 Å². The lowest BCUT2D eigenvalue weighted by molar-refractivity contribution is -0.267. The second-order valence-electron chi connectivity index (χ2n) is 5.30. The van der Waals surface area contributed by atoms with E-state index < -0.39 is 5.97 Å². The van der Waals surface area contributed by atoms with E-state index in [0.29, 0.717) is 0 Å². The van der Waals surface area contributed by atoms with Crippen molar-refractivity contribution < 1.29 is 20.0 Å². The van der Waals surface area contributed by atoms with Gasteiger partial charge in [-0.3, -0.25) is 10.1 Å². The first kappa shape index (κ1) is 20.6. The lowest BCUT2D eigenvalue weighted by atomic mass is 10.1. The third-order valence-corrected chi connectivity index (χ3v) is 3.25. The summed E-state index contributed by atoms with van der Waals surface area (Å²) in [7, 11) is 0. The van der Waals surface area contributed by atoms with E-state index in [2.05, 4.69) is 24.0 Å². The highest BCUT2D eigenvalue weighted by Gasteiger charge is 2.02. The zero-order valence-electron chi connectivity index (χ0n) is 13.6. The smallest absolute Gasteiger partial charge is 0.303 e. The Labute approximate surface area is 134 Å². The minimum atomic E-state index is -0.724. The molecular formula is C18H30O4. The molecule has 0 heterocycles. The van der Waals surface area contributed by atoms with Gasteiger partial charge in [-0.1, -0.05) is 62.6 Å². The minimum absolute atomic E-state index is 0.221. The van der Waals surface area contributed by atoms with Crippen molar-refractivity contribution in [3.05, 3.63) is 36.5 Å². The van der Waals surface area contributed by atoms with Crippen LogP contribution in [0.3, 0.4) is 0 Å². The zero-order chi connectivity index (χ0) is 16.5. The highest BCUT2D eigenvalue weighted by Crippen LogP contribution is 2.07. The van der Waals surface area contributed by atoms with Gasteiger partial charge in [0.25, 0.3) is 0 Å². The Kier molecular flexibility index (Phi) is 15.0. The maximum atomic E-state index is 10.3. The molecule has 0 bridgehead atoms. The average molecular weight is 310 g/mol. The first-order valence-electron chi connectivity index (χ1n) is 8.21. The number of carboxylic acids is 1. The molecule has 0 amide bonds. The summed E-state index contributed by atoms with van der Waals surface area (Å²) in [6.45, 7) is 2.15. The molecule has 0 spiro atoms. The predicted molar refractivity (Wildman–Crippen MR) is 89.8 cm³/mol. The van der Waals surface area contributed by atoms with Crippen molar-refractivity contribution in [3.8, 4) is 0 Å². The quantitative estimate of drug-likeness (QED) is 0.153. The summed E-state index contributed by atoms with van der Waals surface area (Å²) in [6.07, 6.45) is 19.6. The van der Waals surface area contributed by atoms with E-state index in [9.17, 15) is 4.79 Å². The third-order valence-electron chi connectivity index (χ3n) is 3.25. The molecule has 0 fully saturated rings. The first-order valence-corrected chi connectivity index (χ1v) is 8.21. The van der Waals surface area contributed by atoms with E-state index in [4.69, 9.17) is 10.4 Å². The van der Waals surface area contributed by atoms with Crippen molar-refractivity contribution in [1.29, 1.82) is 0 Å². The van der Waals surface area contributed by atoms with Crippen LogP contribution >= 0.6 is 0 Å². The third kappa shape index (κ3) is 15.0. The summed E-state index contributed by atoms with van der Waals surface area (Å²) in [6, 6.07) is 0. The number of rotatable bonds is 14. The zero-order valence-corrected chi connectivity index (χ0v) is 13.6. The first-order chi connectivity index (χ1) is 10.7. The molecule has 0 aliphatic carbocycles. The molecule has 0 saturated carbocycles. The number of allylic oxidation sites excluding steroid dienone is 5. The van der Waals surface area contributed by atoms with Crippen LogP contribution in [0.5, 0.6) is 0 Å². The van der Waals surface area contributed by atoms with Gasteiger partial charge in [-0.15, -0.1) is 0 Å². The summed E-state index contributed by atoms with van der Waals surface area (Å²) >= 11 is 0. The van der Waals surface area contributed by atoms with Gasteiger partial charge in [0.1, 0.15) is 6.10 Å². The molecule has 22 heavy (non-hydrogen) atoms. The molecule has 1 atom stereocenters. The Morgan fingerprint density at radius 1 is 1.09 bits per heavy atom. The van der Waals surface area contributed by atoms with Crippen LogP contribution in [0.25, 0.3) is 0 Å². The van der Waals surface area contributed by atoms with E-state index >= 15 is 0 Å². The second kappa shape index (κ2) is 16.0. The monoisotopic (exact) mass is 310 g/mol. The van der Waals surface area contributed by atoms with Crippen LogP contribution in [0.4, 0.5) is 0 Å². The fraction of sp³-hybridized carbons (Fsp3) is 0.611. The van der Waals surface area contributed by atoms with Crippen molar-refractivity contribution in [2.45, 2.75) is 70.8 Å². The predicted octanol–water partition coefficient (Wildman–Crippen LogP) is 5.13. The number of hydrogen-bond donors (Lipinski definition) is 2. The number of aliphatic carboxylic acids is 1. The molecule has 4 nitrogen and oxygen atoms in total. The highest BCUT2D eigenvalue weighted by molar-refractivity contribution is 5.66. The van der Waals surface area contributed by atoms with Gasteiger partial charge in [-0.2, -0.15) is 0 Å². The molecule has 126 valence electrons. The lowest BCUT2D eigenvalue weighted by Gasteiger charge is -2.07. The minimum Gasteiger partial charge on any atom is -0.481 e. The second-order valence-corrected chi connectivity index (χ2v) is 5.30. The van der Waals surface area contributed by atoms with Crippen molar-refractivity contribution in [2.24, 2.45) is 0 Å². The van der Waals surface area contributed by atoms with Gasteiger partial charge in [-0.05, 0) is 32.1 Å². The van der Waals surface area contributed by atoms with Gasteiger partial charge < -0.3 is 5.11 Å². The Morgan fingerprint density at radius 3 is 2.59 bits per heavy atom. The van der Waals surface area contributed by atoms with Crippen LogP contribution in [0.15, 0.2) is 36.5 Å².